The van der Waals surface area contributed by atoms with Crippen LogP contribution in [-0.4, -0.2) is 14.5 Å². The number of rotatable bonds is 1. The molecule has 0 radical (unpaired) electrons. The first-order chi connectivity index (χ1) is 7.36. The predicted molar refractivity (Wildman–Crippen MR) is 60.5 cm³/mol. The van der Waals surface area contributed by atoms with E-state index in [9.17, 15) is 0 Å². The summed E-state index contributed by atoms with van der Waals surface area (Å²) in [5.41, 5.74) is 2.38. The summed E-state index contributed by atoms with van der Waals surface area (Å²) in [5, 5.41) is 1.23. The Morgan fingerprint density at radius 1 is 1.27 bits per heavy atom. The maximum atomic E-state index is 4.28. The highest BCUT2D eigenvalue weighted by atomic mass is 14.9. The number of aromatic amines is 1. The smallest absolute Gasteiger partial charge is 0.139 e. The van der Waals surface area contributed by atoms with Gasteiger partial charge in [0.05, 0.1) is 0 Å². The third-order valence-electron chi connectivity index (χ3n) is 2.65. The molecule has 2 heterocycles. The molecule has 3 nitrogen and oxygen atoms in total. The van der Waals surface area contributed by atoms with Gasteiger partial charge in [0.25, 0.3) is 0 Å². The molecule has 0 spiro atoms. The van der Waals surface area contributed by atoms with Crippen LogP contribution in [0.25, 0.3) is 22.3 Å². The van der Waals surface area contributed by atoms with Crippen LogP contribution in [0.5, 0.6) is 0 Å². The summed E-state index contributed by atoms with van der Waals surface area (Å²) in [6.45, 7) is 0. The Hall–Kier alpha value is -2.03. The fourth-order valence-electron chi connectivity index (χ4n) is 1.94. The number of imidazole rings is 1. The minimum absolute atomic E-state index is 0.923. The summed E-state index contributed by atoms with van der Waals surface area (Å²) in [5.74, 6) is 0.923. The van der Waals surface area contributed by atoms with Gasteiger partial charge < -0.3 is 9.55 Å². The summed E-state index contributed by atoms with van der Waals surface area (Å²) in [4.78, 5) is 7.42. The van der Waals surface area contributed by atoms with Gasteiger partial charge in [-0.2, -0.15) is 0 Å². The maximum Gasteiger partial charge on any atom is 0.139 e. The maximum absolute atomic E-state index is 4.28. The Balaban J connectivity index is 2.37. The SMILES string of the molecule is Cn1cc(-c2ncc[nH]2)c2ccccc21. The standard InChI is InChI=1S/C12H11N3/c1-15-8-10(12-13-6-7-14-12)9-4-2-3-5-11(9)15/h2-8H,1H3,(H,13,14). The van der Waals surface area contributed by atoms with E-state index in [1.807, 2.05) is 12.3 Å². The number of nitrogens with zero attached hydrogens (tertiary/aromatic N) is 2. The Bertz CT molecular complexity index is 590. The highest BCUT2D eigenvalue weighted by Crippen LogP contribution is 2.27. The lowest BCUT2D eigenvalue weighted by Crippen LogP contribution is -1.81. The molecule has 0 amide bonds. The molecule has 0 unspecified atom stereocenters. The van der Waals surface area contributed by atoms with E-state index < -0.39 is 0 Å². The van der Waals surface area contributed by atoms with Crippen molar-refractivity contribution >= 4 is 10.9 Å². The molecular formula is C12H11N3. The normalized spacial score (nSPS) is 11.0. The van der Waals surface area contributed by atoms with Crippen LogP contribution in [0.3, 0.4) is 0 Å². The van der Waals surface area contributed by atoms with Crippen LogP contribution in [0.2, 0.25) is 0 Å². The second-order valence-corrected chi connectivity index (χ2v) is 3.61. The van der Waals surface area contributed by atoms with Crippen molar-refractivity contribution in [1.82, 2.24) is 14.5 Å². The molecule has 0 bridgehead atoms. The zero-order valence-corrected chi connectivity index (χ0v) is 8.44. The van der Waals surface area contributed by atoms with Crippen LogP contribution in [0.4, 0.5) is 0 Å². The molecule has 74 valence electrons. The third-order valence-corrected chi connectivity index (χ3v) is 2.65. The summed E-state index contributed by atoms with van der Waals surface area (Å²) in [6, 6.07) is 8.33. The van der Waals surface area contributed by atoms with Gasteiger partial charge in [-0.05, 0) is 6.07 Å². The number of hydrogen-bond donors (Lipinski definition) is 1. The van der Waals surface area contributed by atoms with Gasteiger partial charge in [-0.3, -0.25) is 0 Å². The van der Waals surface area contributed by atoms with Gasteiger partial charge in [0.1, 0.15) is 5.82 Å². The molecule has 15 heavy (non-hydrogen) atoms. The lowest BCUT2D eigenvalue weighted by molar-refractivity contribution is 0.969. The highest BCUT2D eigenvalue weighted by Gasteiger charge is 2.08. The van der Waals surface area contributed by atoms with Crippen LogP contribution in [0.1, 0.15) is 0 Å². The fourth-order valence-corrected chi connectivity index (χ4v) is 1.94. The topological polar surface area (TPSA) is 33.6 Å². The molecule has 1 N–H and O–H groups in total. The van der Waals surface area contributed by atoms with Crippen LogP contribution >= 0.6 is 0 Å². The molecule has 0 aliphatic carbocycles. The van der Waals surface area contributed by atoms with E-state index in [0.29, 0.717) is 0 Å². The molecule has 0 aliphatic heterocycles. The Morgan fingerprint density at radius 2 is 2.13 bits per heavy atom. The van der Waals surface area contributed by atoms with E-state index in [1.165, 1.54) is 10.9 Å². The van der Waals surface area contributed by atoms with Gasteiger partial charge in [-0.25, -0.2) is 4.98 Å². The van der Waals surface area contributed by atoms with Crippen molar-refractivity contribution in [1.29, 1.82) is 0 Å². The van der Waals surface area contributed by atoms with Crippen molar-refractivity contribution in [3.8, 4) is 11.4 Å². The van der Waals surface area contributed by atoms with E-state index in [4.69, 9.17) is 0 Å². The van der Waals surface area contributed by atoms with Crippen molar-refractivity contribution < 1.29 is 0 Å². The first kappa shape index (κ1) is 8.29. The van der Waals surface area contributed by atoms with Gasteiger partial charge >= 0.3 is 0 Å². The lowest BCUT2D eigenvalue weighted by atomic mass is 10.2. The van der Waals surface area contributed by atoms with Crippen molar-refractivity contribution in [3.63, 3.8) is 0 Å². The van der Waals surface area contributed by atoms with Gasteiger partial charge in [0.15, 0.2) is 0 Å². The van der Waals surface area contributed by atoms with Crippen molar-refractivity contribution in [3.05, 3.63) is 42.9 Å². The molecule has 0 saturated carbocycles. The highest BCUT2D eigenvalue weighted by molar-refractivity contribution is 5.94. The average Bonchev–Trinajstić information content (AvgIpc) is 2.87. The van der Waals surface area contributed by atoms with Gasteiger partial charge in [-0.15, -0.1) is 0 Å². The monoisotopic (exact) mass is 197 g/mol. The van der Waals surface area contributed by atoms with E-state index in [-0.39, 0.29) is 0 Å². The minimum Gasteiger partial charge on any atom is -0.350 e. The number of para-hydroxylation sites is 1. The number of H-pyrrole nitrogens is 1. The Morgan fingerprint density at radius 3 is 2.93 bits per heavy atom. The molecule has 2 aromatic heterocycles. The number of aryl methyl sites for hydroxylation is 1. The quantitative estimate of drug-likeness (QED) is 0.639. The Labute approximate surface area is 87.4 Å². The van der Waals surface area contributed by atoms with E-state index in [1.54, 1.807) is 6.20 Å². The molecule has 3 rings (SSSR count). The van der Waals surface area contributed by atoms with Crippen LogP contribution in [0, 0.1) is 0 Å². The van der Waals surface area contributed by atoms with Crippen LogP contribution in [-0.2, 0) is 7.05 Å². The first-order valence-corrected chi connectivity index (χ1v) is 4.90. The van der Waals surface area contributed by atoms with E-state index in [2.05, 4.69) is 46.0 Å². The number of fused-ring (bicyclic) bond motifs is 1. The Kier molecular flexibility index (Phi) is 1.65. The van der Waals surface area contributed by atoms with Crippen LogP contribution < -0.4 is 0 Å². The second-order valence-electron chi connectivity index (χ2n) is 3.61. The number of hydrogen-bond acceptors (Lipinski definition) is 1. The summed E-state index contributed by atoms with van der Waals surface area (Å²) < 4.78 is 2.12. The van der Waals surface area contributed by atoms with Crippen molar-refractivity contribution in [2.45, 2.75) is 0 Å². The molecule has 1 aromatic carbocycles. The number of nitrogens with one attached hydrogen (secondary N) is 1. The molecule has 0 saturated heterocycles. The predicted octanol–water partition coefficient (Wildman–Crippen LogP) is 2.57. The largest absolute Gasteiger partial charge is 0.350 e. The number of benzene rings is 1. The van der Waals surface area contributed by atoms with Crippen molar-refractivity contribution in [2.75, 3.05) is 0 Å². The number of aromatic nitrogens is 3. The van der Waals surface area contributed by atoms with Gasteiger partial charge in [0.2, 0.25) is 0 Å². The molecule has 0 fully saturated rings. The summed E-state index contributed by atoms with van der Waals surface area (Å²) in [7, 11) is 2.05. The van der Waals surface area contributed by atoms with Gasteiger partial charge in [-0.1, -0.05) is 18.2 Å². The molecule has 3 heteroatoms. The van der Waals surface area contributed by atoms with E-state index >= 15 is 0 Å². The molecular weight excluding hydrogens is 186 g/mol. The molecule has 0 aliphatic rings. The van der Waals surface area contributed by atoms with E-state index in [0.717, 1.165) is 11.4 Å². The average molecular weight is 197 g/mol. The third kappa shape index (κ3) is 1.16. The first-order valence-electron chi connectivity index (χ1n) is 4.90. The zero-order chi connectivity index (χ0) is 10.3. The van der Waals surface area contributed by atoms with Crippen LogP contribution in [0.15, 0.2) is 42.9 Å². The second kappa shape index (κ2) is 2.98. The minimum atomic E-state index is 0.923. The van der Waals surface area contributed by atoms with Gasteiger partial charge in [0, 0.05) is 42.1 Å². The fraction of sp³-hybridized carbons (Fsp3) is 0.0833. The zero-order valence-electron chi connectivity index (χ0n) is 8.44. The molecule has 0 atom stereocenters. The summed E-state index contributed by atoms with van der Waals surface area (Å²) >= 11 is 0. The molecule has 3 aromatic rings. The van der Waals surface area contributed by atoms with Crippen molar-refractivity contribution in [2.24, 2.45) is 7.05 Å². The lowest BCUT2D eigenvalue weighted by Gasteiger charge is -1.93. The summed E-state index contributed by atoms with van der Waals surface area (Å²) in [6.07, 6.45) is 5.72.